The molecule has 3 heterocycles. The van der Waals surface area contributed by atoms with Gasteiger partial charge in [0.2, 0.25) is 0 Å². The van der Waals surface area contributed by atoms with Crippen LogP contribution in [-0.2, 0) is 7.05 Å². The molecule has 1 amide bonds. The molecule has 128 valence electrons. The highest BCUT2D eigenvalue weighted by atomic mass is 16.3. The van der Waals surface area contributed by atoms with E-state index in [4.69, 9.17) is 0 Å². The van der Waals surface area contributed by atoms with Gasteiger partial charge in [0.1, 0.15) is 11.3 Å². The van der Waals surface area contributed by atoms with Crippen LogP contribution in [0.5, 0.6) is 5.75 Å². The standard InChI is InChI=1S/C18H24N4O2/c1-21-12-5-3-6-13(21)10-11(9-12)19-18(24)16-14-7-4-8-15(23)17(14)22(2)20-16/h4,7-8,11-13,23H,3,5-6,9-10H2,1-2H3,(H,19,24)/t12-,13-/m0/s1. The van der Waals surface area contributed by atoms with Crippen LogP contribution in [0.25, 0.3) is 10.9 Å². The molecule has 2 fully saturated rings. The summed E-state index contributed by atoms with van der Waals surface area (Å²) in [6.07, 6.45) is 5.76. The maximum absolute atomic E-state index is 12.8. The number of phenols is 1. The number of rotatable bonds is 2. The van der Waals surface area contributed by atoms with E-state index in [1.165, 1.54) is 19.3 Å². The van der Waals surface area contributed by atoms with E-state index < -0.39 is 0 Å². The molecule has 1 aromatic carbocycles. The number of hydrogen-bond donors (Lipinski definition) is 2. The third-order valence-corrected chi connectivity index (χ3v) is 5.73. The quantitative estimate of drug-likeness (QED) is 0.885. The van der Waals surface area contributed by atoms with E-state index >= 15 is 0 Å². The summed E-state index contributed by atoms with van der Waals surface area (Å²) in [7, 11) is 3.96. The summed E-state index contributed by atoms with van der Waals surface area (Å²) in [6.45, 7) is 0. The van der Waals surface area contributed by atoms with Gasteiger partial charge in [-0.2, -0.15) is 5.10 Å². The van der Waals surface area contributed by atoms with Crippen molar-refractivity contribution in [2.75, 3.05) is 7.05 Å². The Hall–Kier alpha value is -2.08. The second-order valence-corrected chi connectivity index (χ2v) is 7.19. The fourth-order valence-corrected chi connectivity index (χ4v) is 4.47. The summed E-state index contributed by atoms with van der Waals surface area (Å²) in [6, 6.07) is 6.55. The van der Waals surface area contributed by atoms with E-state index in [2.05, 4.69) is 22.4 Å². The zero-order valence-corrected chi connectivity index (χ0v) is 14.2. The number of carbonyl (C=O) groups excluding carboxylic acids is 1. The van der Waals surface area contributed by atoms with Crippen LogP contribution >= 0.6 is 0 Å². The molecule has 1 aromatic heterocycles. The lowest BCUT2D eigenvalue weighted by atomic mass is 9.82. The van der Waals surface area contributed by atoms with Crippen LogP contribution in [0.15, 0.2) is 18.2 Å². The minimum atomic E-state index is -0.140. The van der Waals surface area contributed by atoms with Gasteiger partial charge in [-0.05, 0) is 38.8 Å². The van der Waals surface area contributed by atoms with E-state index in [-0.39, 0.29) is 17.7 Å². The summed E-state index contributed by atoms with van der Waals surface area (Å²) in [4.78, 5) is 15.3. The first-order valence-electron chi connectivity index (χ1n) is 8.72. The van der Waals surface area contributed by atoms with Crippen molar-refractivity contribution in [1.29, 1.82) is 0 Å². The number of aromatic hydroxyl groups is 1. The van der Waals surface area contributed by atoms with Crippen LogP contribution < -0.4 is 5.32 Å². The molecule has 2 aromatic rings. The molecule has 2 aliphatic heterocycles. The predicted octanol–water partition coefficient (Wildman–Crippen LogP) is 2.02. The first-order valence-corrected chi connectivity index (χ1v) is 8.72. The molecule has 2 bridgehead atoms. The van der Waals surface area contributed by atoms with E-state index in [0.29, 0.717) is 28.7 Å². The van der Waals surface area contributed by atoms with Gasteiger partial charge in [-0.1, -0.05) is 18.6 Å². The summed E-state index contributed by atoms with van der Waals surface area (Å²) in [5, 5.41) is 18.2. The lowest BCUT2D eigenvalue weighted by Gasteiger charge is -2.47. The number of aromatic nitrogens is 2. The summed E-state index contributed by atoms with van der Waals surface area (Å²) >= 11 is 0. The number of piperidine rings is 2. The molecule has 4 rings (SSSR count). The van der Waals surface area contributed by atoms with Crippen LogP contribution in [-0.4, -0.2) is 50.9 Å². The second kappa shape index (κ2) is 5.77. The summed E-state index contributed by atoms with van der Waals surface area (Å²) in [5.74, 6) is 0.00852. The summed E-state index contributed by atoms with van der Waals surface area (Å²) in [5.41, 5.74) is 0.996. The molecule has 6 nitrogen and oxygen atoms in total. The smallest absolute Gasteiger partial charge is 0.272 e. The monoisotopic (exact) mass is 328 g/mol. The van der Waals surface area contributed by atoms with Crippen molar-refractivity contribution in [2.45, 2.75) is 50.2 Å². The maximum Gasteiger partial charge on any atom is 0.272 e. The number of hydrogen-bond acceptors (Lipinski definition) is 4. The Morgan fingerprint density at radius 1 is 1.25 bits per heavy atom. The summed E-state index contributed by atoms with van der Waals surface area (Å²) < 4.78 is 1.57. The van der Waals surface area contributed by atoms with Gasteiger partial charge in [-0.3, -0.25) is 9.48 Å². The van der Waals surface area contributed by atoms with Crippen molar-refractivity contribution in [3.05, 3.63) is 23.9 Å². The van der Waals surface area contributed by atoms with Crippen LogP contribution in [0.2, 0.25) is 0 Å². The number of amides is 1. The Morgan fingerprint density at radius 3 is 2.67 bits per heavy atom. The Bertz CT molecular complexity index is 771. The van der Waals surface area contributed by atoms with Gasteiger partial charge in [-0.25, -0.2) is 0 Å². The molecule has 0 unspecified atom stereocenters. The highest BCUT2D eigenvalue weighted by molar-refractivity contribution is 6.06. The molecule has 2 N–H and O–H groups in total. The van der Waals surface area contributed by atoms with Crippen molar-refractivity contribution < 1.29 is 9.90 Å². The zero-order valence-electron chi connectivity index (χ0n) is 14.2. The first kappa shape index (κ1) is 15.4. The number of para-hydroxylation sites is 1. The molecule has 0 saturated carbocycles. The van der Waals surface area contributed by atoms with Crippen molar-refractivity contribution >= 4 is 16.8 Å². The van der Waals surface area contributed by atoms with Gasteiger partial charge in [0.25, 0.3) is 5.91 Å². The Kier molecular flexibility index (Phi) is 3.72. The van der Waals surface area contributed by atoms with Crippen molar-refractivity contribution in [3.63, 3.8) is 0 Å². The van der Waals surface area contributed by atoms with Crippen molar-refractivity contribution in [1.82, 2.24) is 20.0 Å². The zero-order chi connectivity index (χ0) is 16.8. The second-order valence-electron chi connectivity index (χ2n) is 7.19. The van der Waals surface area contributed by atoms with Gasteiger partial charge < -0.3 is 15.3 Å². The molecule has 0 aliphatic carbocycles. The van der Waals surface area contributed by atoms with Gasteiger partial charge in [-0.15, -0.1) is 0 Å². The van der Waals surface area contributed by atoms with Crippen LogP contribution in [0, 0.1) is 0 Å². The minimum absolute atomic E-state index is 0.140. The van der Waals surface area contributed by atoms with Gasteiger partial charge >= 0.3 is 0 Å². The Morgan fingerprint density at radius 2 is 1.96 bits per heavy atom. The number of aryl methyl sites for hydroxylation is 1. The normalized spacial score (nSPS) is 27.3. The van der Waals surface area contributed by atoms with Crippen LogP contribution in [0.3, 0.4) is 0 Å². The molecule has 2 saturated heterocycles. The van der Waals surface area contributed by atoms with Gasteiger partial charge in [0.15, 0.2) is 5.69 Å². The third kappa shape index (κ3) is 2.45. The SMILES string of the molecule is CN1[C@H]2CCC[C@H]1CC(NC(=O)c1nn(C)c3c(O)cccc13)C2. The number of benzene rings is 1. The third-order valence-electron chi connectivity index (χ3n) is 5.73. The van der Waals surface area contributed by atoms with Gasteiger partial charge in [0.05, 0.1) is 0 Å². The number of fused-ring (bicyclic) bond motifs is 3. The number of carbonyl (C=O) groups is 1. The van der Waals surface area contributed by atoms with E-state index in [1.54, 1.807) is 23.9 Å². The molecule has 0 radical (unpaired) electrons. The highest BCUT2D eigenvalue weighted by Gasteiger charge is 2.36. The Balaban J connectivity index is 1.56. The maximum atomic E-state index is 12.8. The average molecular weight is 328 g/mol. The number of nitrogens with zero attached hydrogens (tertiary/aromatic N) is 3. The van der Waals surface area contributed by atoms with Crippen molar-refractivity contribution in [3.8, 4) is 5.75 Å². The van der Waals surface area contributed by atoms with E-state index in [0.717, 1.165) is 12.8 Å². The van der Waals surface area contributed by atoms with E-state index in [9.17, 15) is 9.90 Å². The lowest BCUT2D eigenvalue weighted by molar-refractivity contribution is 0.0462. The lowest BCUT2D eigenvalue weighted by Crippen LogP contribution is -2.55. The average Bonchev–Trinajstić information content (AvgIpc) is 2.87. The molecule has 2 aliphatic rings. The predicted molar refractivity (Wildman–Crippen MR) is 92.1 cm³/mol. The molecule has 6 heteroatoms. The fraction of sp³-hybridized carbons (Fsp3) is 0.556. The number of nitrogens with one attached hydrogen (secondary N) is 1. The van der Waals surface area contributed by atoms with Crippen molar-refractivity contribution in [2.24, 2.45) is 7.05 Å². The fourth-order valence-electron chi connectivity index (χ4n) is 4.47. The minimum Gasteiger partial charge on any atom is -0.506 e. The molecule has 2 atom stereocenters. The van der Waals surface area contributed by atoms with Crippen LogP contribution in [0.1, 0.15) is 42.6 Å². The molecule has 0 spiro atoms. The molecular weight excluding hydrogens is 304 g/mol. The molecule has 24 heavy (non-hydrogen) atoms. The largest absolute Gasteiger partial charge is 0.506 e. The van der Waals surface area contributed by atoms with Crippen LogP contribution in [0.4, 0.5) is 0 Å². The first-order chi connectivity index (χ1) is 11.5. The Labute approximate surface area is 141 Å². The molecular formula is C18H24N4O2. The topological polar surface area (TPSA) is 70.4 Å². The van der Waals surface area contributed by atoms with E-state index in [1.807, 2.05) is 6.07 Å². The highest BCUT2D eigenvalue weighted by Crippen LogP contribution is 2.33. The number of phenolic OH excluding ortho intramolecular Hbond substituents is 1. The van der Waals surface area contributed by atoms with Gasteiger partial charge in [0, 0.05) is 30.6 Å².